The molecule has 0 amide bonds. The number of anilines is 1. The van der Waals surface area contributed by atoms with Gasteiger partial charge in [-0.15, -0.1) is 0 Å². The van der Waals surface area contributed by atoms with Gasteiger partial charge in [0.05, 0.1) is 19.8 Å². The van der Waals surface area contributed by atoms with E-state index in [2.05, 4.69) is 56.8 Å². The second-order valence-electron chi connectivity index (χ2n) is 7.42. The van der Waals surface area contributed by atoms with E-state index in [1.807, 2.05) is 0 Å². The van der Waals surface area contributed by atoms with Gasteiger partial charge in [0.1, 0.15) is 6.54 Å². The standard InChI is InChI=1S/C21H39N2.ClH/c1-4-5-6-7-8-9-10-11-12-13-17-20-23(2,3)22-21-18-15-14-16-19-21;/h14-16,18-19,22H,4-13,17,20H2,1-3H3;1H/q+1;/p-1. The van der Waals surface area contributed by atoms with Crippen LogP contribution in [0.25, 0.3) is 0 Å². The first kappa shape index (κ1) is 23.3. The molecule has 0 heterocycles. The summed E-state index contributed by atoms with van der Waals surface area (Å²) in [4.78, 5) is 0. The summed E-state index contributed by atoms with van der Waals surface area (Å²) >= 11 is 0. The topological polar surface area (TPSA) is 12.0 Å². The van der Waals surface area contributed by atoms with E-state index in [4.69, 9.17) is 0 Å². The monoisotopic (exact) mass is 354 g/mol. The molecule has 0 saturated carbocycles. The second-order valence-corrected chi connectivity index (χ2v) is 7.42. The highest BCUT2D eigenvalue weighted by molar-refractivity contribution is 5.39. The second kappa shape index (κ2) is 14.6. The van der Waals surface area contributed by atoms with E-state index < -0.39 is 0 Å². The largest absolute Gasteiger partial charge is 1.00 e. The maximum Gasteiger partial charge on any atom is 0.101 e. The first-order chi connectivity index (χ1) is 11.1. The smallest absolute Gasteiger partial charge is 0.101 e. The Morgan fingerprint density at radius 2 is 1.17 bits per heavy atom. The zero-order valence-electron chi connectivity index (χ0n) is 16.2. The SMILES string of the molecule is CCCCCCCCCCCCC[N+](C)(C)Nc1ccccc1.[Cl-]. The minimum absolute atomic E-state index is 0. The molecule has 24 heavy (non-hydrogen) atoms. The lowest BCUT2D eigenvalue weighted by Crippen LogP contribution is -3.00. The average Bonchev–Trinajstić information content (AvgIpc) is 2.53. The van der Waals surface area contributed by atoms with Gasteiger partial charge in [-0.3, -0.25) is 0 Å². The summed E-state index contributed by atoms with van der Waals surface area (Å²) in [6.07, 6.45) is 15.5. The van der Waals surface area contributed by atoms with E-state index in [1.54, 1.807) is 0 Å². The van der Waals surface area contributed by atoms with Crippen molar-refractivity contribution in [1.29, 1.82) is 0 Å². The van der Waals surface area contributed by atoms with Crippen molar-refractivity contribution in [2.24, 2.45) is 0 Å². The number of halogens is 1. The van der Waals surface area contributed by atoms with E-state index >= 15 is 0 Å². The molecule has 0 aliphatic rings. The predicted octanol–water partition coefficient (Wildman–Crippen LogP) is 3.40. The van der Waals surface area contributed by atoms with Gasteiger partial charge in [0.25, 0.3) is 0 Å². The molecule has 1 aromatic rings. The molecule has 0 radical (unpaired) electrons. The Balaban J connectivity index is 0.00000529. The fourth-order valence-electron chi connectivity index (χ4n) is 3.09. The van der Waals surface area contributed by atoms with Gasteiger partial charge in [-0.25, -0.2) is 10.0 Å². The van der Waals surface area contributed by atoms with Crippen molar-refractivity contribution in [3.63, 3.8) is 0 Å². The fourth-order valence-corrected chi connectivity index (χ4v) is 3.09. The first-order valence-electron chi connectivity index (χ1n) is 9.80. The van der Waals surface area contributed by atoms with Crippen molar-refractivity contribution in [2.45, 2.75) is 77.6 Å². The van der Waals surface area contributed by atoms with Gasteiger partial charge >= 0.3 is 0 Å². The van der Waals surface area contributed by atoms with Crippen LogP contribution in [0.3, 0.4) is 0 Å². The normalized spacial score (nSPS) is 11.1. The lowest BCUT2D eigenvalue weighted by molar-refractivity contribution is -0.868. The van der Waals surface area contributed by atoms with Crippen LogP contribution in [0.15, 0.2) is 30.3 Å². The van der Waals surface area contributed by atoms with Crippen LogP contribution in [-0.2, 0) is 0 Å². The van der Waals surface area contributed by atoms with Crippen molar-refractivity contribution >= 4 is 5.69 Å². The van der Waals surface area contributed by atoms with Crippen LogP contribution < -0.4 is 17.8 Å². The highest BCUT2D eigenvalue weighted by atomic mass is 35.5. The Labute approximate surface area is 157 Å². The summed E-state index contributed by atoms with van der Waals surface area (Å²) in [7, 11) is 4.51. The maximum absolute atomic E-state index is 3.59. The molecule has 1 rings (SSSR count). The molecule has 2 nitrogen and oxygen atoms in total. The lowest BCUT2D eigenvalue weighted by Gasteiger charge is -2.30. The number of para-hydroxylation sites is 1. The third-order valence-electron chi connectivity index (χ3n) is 4.53. The quantitative estimate of drug-likeness (QED) is 0.307. The van der Waals surface area contributed by atoms with E-state index in [9.17, 15) is 0 Å². The molecule has 0 aliphatic carbocycles. The molecule has 140 valence electrons. The minimum Gasteiger partial charge on any atom is -1.00 e. The van der Waals surface area contributed by atoms with Gasteiger partial charge in [0.2, 0.25) is 0 Å². The van der Waals surface area contributed by atoms with Crippen molar-refractivity contribution in [1.82, 2.24) is 0 Å². The van der Waals surface area contributed by atoms with Crippen LogP contribution >= 0.6 is 0 Å². The van der Waals surface area contributed by atoms with Gasteiger partial charge in [0, 0.05) is 0 Å². The van der Waals surface area contributed by atoms with Gasteiger partial charge in [-0.05, 0) is 25.0 Å². The van der Waals surface area contributed by atoms with Crippen molar-refractivity contribution in [3.8, 4) is 0 Å². The van der Waals surface area contributed by atoms with E-state index in [-0.39, 0.29) is 12.4 Å². The van der Waals surface area contributed by atoms with Crippen LogP contribution in [0.2, 0.25) is 0 Å². The Hall–Kier alpha value is -0.730. The van der Waals surface area contributed by atoms with Crippen molar-refractivity contribution in [3.05, 3.63) is 30.3 Å². The van der Waals surface area contributed by atoms with E-state index in [0.717, 1.165) is 4.59 Å². The first-order valence-corrected chi connectivity index (χ1v) is 9.80. The van der Waals surface area contributed by atoms with E-state index in [1.165, 1.54) is 82.9 Å². The van der Waals surface area contributed by atoms with Gasteiger partial charge in [-0.2, -0.15) is 0 Å². The van der Waals surface area contributed by atoms with Gasteiger partial charge in [-0.1, -0.05) is 82.9 Å². The van der Waals surface area contributed by atoms with Crippen LogP contribution in [0.5, 0.6) is 0 Å². The number of quaternary nitrogens is 1. The Morgan fingerprint density at radius 3 is 1.67 bits per heavy atom. The molecule has 0 bridgehead atoms. The number of benzene rings is 1. The summed E-state index contributed by atoms with van der Waals surface area (Å²) in [5, 5.41) is 0. The zero-order valence-corrected chi connectivity index (χ0v) is 17.0. The third-order valence-corrected chi connectivity index (χ3v) is 4.53. The molecule has 1 N–H and O–H groups in total. The van der Waals surface area contributed by atoms with Gasteiger partial charge < -0.3 is 12.4 Å². The highest BCUT2D eigenvalue weighted by Gasteiger charge is 2.14. The number of nitrogens with one attached hydrogen (secondary N) is 1. The summed E-state index contributed by atoms with van der Waals surface area (Å²) in [6, 6.07) is 10.5. The number of hydrogen-bond acceptors (Lipinski definition) is 1. The van der Waals surface area contributed by atoms with E-state index in [0.29, 0.717) is 0 Å². The molecule has 0 saturated heterocycles. The summed E-state index contributed by atoms with van der Waals surface area (Å²) in [5.74, 6) is 0. The summed E-state index contributed by atoms with van der Waals surface area (Å²) < 4.78 is 0.863. The minimum atomic E-state index is 0. The van der Waals surface area contributed by atoms with Crippen LogP contribution in [0.1, 0.15) is 77.6 Å². The summed E-state index contributed by atoms with van der Waals surface area (Å²) in [6.45, 7) is 3.47. The number of unbranched alkanes of at least 4 members (excludes halogenated alkanes) is 10. The lowest BCUT2D eigenvalue weighted by atomic mass is 10.1. The summed E-state index contributed by atoms with van der Waals surface area (Å²) in [5.41, 5.74) is 4.80. The van der Waals surface area contributed by atoms with Crippen molar-refractivity contribution < 1.29 is 17.0 Å². The molecule has 0 fully saturated rings. The average molecular weight is 355 g/mol. The molecule has 0 aliphatic heterocycles. The fraction of sp³-hybridized carbons (Fsp3) is 0.714. The molecule has 0 aromatic heterocycles. The molecular weight excluding hydrogens is 316 g/mol. The van der Waals surface area contributed by atoms with Crippen LogP contribution in [-0.4, -0.2) is 25.2 Å². The molecule has 0 spiro atoms. The molecular formula is C21H39ClN2. The molecule has 0 atom stereocenters. The van der Waals surface area contributed by atoms with Crippen LogP contribution in [0.4, 0.5) is 5.69 Å². The Kier molecular flexibility index (Phi) is 14.2. The zero-order chi connectivity index (χ0) is 16.8. The molecule has 0 unspecified atom stereocenters. The highest BCUT2D eigenvalue weighted by Crippen LogP contribution is 2.14. The molecule has 1 aromatic carbocycles. The number of rotatable bonds is 14. The Bertz CT molecular complexity index is 379. The third kappa shape index (κ3) is 12.7. The maximum atomic E-state index is 3.59. The van der Waals surface area contributed by atoms with Crippen molar-refractivity contribution in [2.75, 3.05) is 26.1 Å². The number of hydrogen-bond donors (Lipinski definition) is 1. The van der Waals surface area contributed by atoms with Crippen LogP contribution in [0, 0.1) is 0 Å². The van der Waals surface area contributed by atoms with Gasteiger partial charge in [0.15, 0.2) is 0 Å². The molecule has 3 heteroatoms. The number of nitrogens with zero attached hydrogens (tertiary/aromatic N) is 1. The predicted molar refractivity (Wildman–Crippen MR) is 104 cm³/mol. The Morgan fingerprint density at radius 1 is 0.708 bits per heavy atom.